The fourth-order valence-electron chi connectivity index (χ4n) is 4.98. The van der Waals surface area contributed by atoms with Crippen molar-refractivity contribution in [3.63, 3.8) is 0 Å². The van der Waals surface area contributed by atoms with Gasteiger partial charge >= 0.3 is 12.1 Å². The zero-order valence-electron chi connectivity index (χ0n) is 29.6. The first kappa shape index (κ1) is 38.8. The van der Waals surface area contributed by atoms with Gasteiger partial charge in [0.25, 0.3) is 0 Å². The van der Waals surface area contributed by atoms with Crippen LogP contribution in [0.25, 0.3) is 0 Å². The molecule has 0 aliphatic heterocycles. The van der Waals surface area contributed by atoms with Crippen LogP contribution in [0.3, 0.4) is 0 Å². The van der Waals surface area contributed by atoms with Crippen molar-refractivity contribution in [2.45, 2.75) is 124 Å². The van der Waals surface area contributed by atoms with E-state index in [-0.39, 0.29) is 6.42 Å². The van der Waals surface area contributed by atoms with Crippen LogP contribution in [0.2, 0.25) is 0 Å². The molecule has 3 unspecified atom stereocenters. The molecule has 0 radical (unpaired) electrons. The molecule has 0 saturated carbocycles. The van der Waals surface area contributed by atoms with Crippen LogP contribution in [0, 0.1) is 13.8 Å². The summed E-state index contributed by atoms with van der Waals surface area (Å²) >= 11 is 0. The van der Waals surface area contributed by atoms with Crippen molar-refractivity contribution >= 4 is 29.8 Å². The SMILES string of the molecule is Cc1ccc(C)c(C(C(=O)NC(Cc2ccccc2)C(=O)OC(C)(C)C)N(C(=O)C(CC(N)=O)NC(=O)OC(C)(C)C)C(C)(C)C)c1. The third-order valence-corrected chi connectivity index (χ3v) is 6.88. The Morgan fingerprint density at radius 2 is 1.36 bits per heavy atom. The standard InChI is InChI=1S/C36H52N4O7/c1-22-17-18-23(2)25(19-22)29(30(42)38-27(32(44)46-35(6,7)8)20-24-15-13-12-14-16-24)40(34(3,4)5)31(43)26(21-28(37)41)39-33(45)47-36(9,10)11/h12-19,26-27,29H,20-21H2,1-11H3,(H2,37,41)(H,38,42)(H,39,45). The second-order valence-electron chi connectivity index (χ2n) is 14.8. The second-order valence-corrected chi connectivity index (χ2v) is 14.8. The van der Waals surface area contributed by atoms with Crippen LogP contribution < -0.4 is 16.4 Å². The lowest BCUT2D eigenvalue weighted by Gasteiger charge is -2.43. The predicted octanol–water partition coefficient (Wildman–Crippen LogP) is 4.81. The fourth-order valence-corrected chi connectivity index (χ4v) is 4.98. The van der Waals surface area contributed by atoms with E-state index in [1.54, 1.807) is 68.4 Å². The van der Waals surface area contributed by atoms with Crippen molar-refractivity contribution < 1.29 is 33.4 Å². The van der Waals surface area contributed by atoms with E-state index in [4.69, 9.17) is 15.2 Å². The molecule has 0 aliphatic carbocycles. The number of esters is 1. The molecule has 2 aromatic carbocycles. The van der Waals surface area contributed by atoms with Crippen molar-refractivity contribution in [2.24, 2.45) is 5.73 Å². The van der Waals surface area contributed by atoms with Crippen LogP contribution in [0.1, 0.15) is 97.0 Å². The molecule has 0 saturated heterocycles. The van der Waals surface area contributed by atoms with Crippen molar-refractivity contribution in [3.05, 3.63) is 70.8 Å². The van der Waals surface area contributed by atoms with Crippen LogP contribution in [0.5, 0.6) is 0 Å². The van der Waals surface area contributed by atoms with E-state index in [1.165, 1.54) is 4.90 Å². The summed E-state index contributed by atoms with van der Waals surface area (Å²) in [5, 5.41) is 5.37. The maximum absolute atomic E-state index is 14.6. The van der Waals surface area contributed by atoms with Gasteiger partial charge in [0.05, 0.1) is 6.42 Å². The minimum Gasteiger partial charge on any atom is -0.458 e. The summed E-state index contributed by atoms with van der Waals surface area (Å²) in [6.07, 6.45) is -1.33. The van der Waals surface area contributed by atoms with E-state index >= 15 is 0 Å². The summed E-state index contributed by atoms with van der Waals surface area (Å²) in [7, 11) is 0. The first-order valence-corrected chi connectivity index (χ1v) is 15.7. The minimum absolute atomic E-state index is 0.134. The third-order valence-electron chi connectivity index (χ3n) is 6.88. The Labute approximate surface area is 278 Å². The largest absolute Gasteiger partial charge is 0.458 e. The molecule has 0 aliphatic rings. The number of primary amides is 1. The van der Waals surface area contributed by atoms with E-state index < -0.39 is 71.1 Å². The number of carbonyl (C=O) groups excluding carboxylic acids is 5. The van der Waals surface area contributed by atoms with Gasteiger partial charge in [-0.1, -0.05) is 54.1 Å². The maximum Gasteiger partial charge on any atom is 0.408 e. The average Bonchev–Trinajstić information content (AvgIpc) is 2.89. The van der Waals surface area contributed by atoms with Crippen LogP contribution in [0.4, 0.5) is 4.79 Å². The Morgan fingerprint density at radius 3 is 1.87 bits per heavy atom. The molecule has 11 nitrogen and oxygen atoms in total. The number of hydrogen-bond donors (Lipinski definition) is 3. The van der Waals surface area contributed by atoms with Crippen molar-refractivity contribution in [3.8, 4) is 0 Å². The van der Waals surface area contributed by atoms with Crippen molar-refractivity contribution in [1.29, 1.82) is 0 Å². The Balaban J connectivity index is 2.72. The summed E-state index contributed by atoms with van der Waals surface area (Å²) in [5.74, 6) is -2.86. The Morgan fingerprint density at radius 1 is 0.787 bits per heavy atom. The predicted molar refractivity (Wildman–Crippen MR) is 180 cm³/mol. The molecule has 0 aromatic heterocycles. The molecule has 4 amide bonds. The highest BCUT2D eigenvalue weighted by Gasteiger charge is 2.44. The molecular weight excluding hydrogens is 600 g/mol. The molecule has 2 rings (SSSR count). The van der Waals surface area contributed by atoms with Gasteiger partial charge < -0.3 is 30.7 Å². The minimum atomic E-state index is -1.45. The normalized spacial score (nSPS) is 13.9. The van der Waals surface area contributed by atoms with Gasteiger partial charge in [0, 0.05) is 12.0 Å². The van der Waals surface area contributed by atoms with Crippen LogP contribution >= 0.6 is 0 Å². The molecule has 47 heavy (non-hydrogen) atoms. The number of benzene rings is 2. The summed E-state index contributed by atoms with van der Waals surface area (Å²) in [6, 6.07) is 10.9. The van der Waals surface area contributed by atoms with Crippen molar-refractivity contribution in [1.82, 2.24) is 15.5 Å². The first-order chi connectivity index (χ1) is 21.5. The maximum atomic E-state index is 14.6. The highest BCUT2D eigenvalue weighted by molar-refractivity contribution is 5.96. The van der Waals surface area contributed by atoms with E-state index in [2.05, 4.69) is 10.6 Å². The van der Waals surface area contributed by atoms with Gasteiger partial charge in [0.15, 0.2) is 0 Å². The number of ether oxygens (including phenoxy) is 2. The van der Waals surface area contributed by atoms with E-state index in [0.717, 1.165) is 11.1 Å². The fraction of sp³-hybridized carbons (Fsp3) is 0.528. The van der Waals surface area contributed by atoms with Gasteiger partial charge in [0.2, 0.25) is 17.7 Å². The molecular formula is C36H52N4O7. The Kier molecular flexibility index (Phi) is 12.7. The van der Waals surface area contributed by atoms with Gasteiger partial charge in [-0.15, -0.1) is 0 Å². The van der Waals surface area contributed by atoms with E-state index in [1.807, 2.05) is 56.3 Å². The number of nitrogens with zero attached hydrogens (tertiary/aromatic N) is 1. The lowest BCUT2D eigenvalue weighted by Crippen LogP contribution is -2.60. The molecule has 2 aromatic rings. The molecule has 0 heterocycles. The molecule has 4 N–H and O–H groups in total. The van der Waals surface area contributed by atoms with E-state index in [9.17, 15) is 24.0 Å². The van der Waals surface area contributed by atoms with Gasteiger partial charge in [-0.3, -0.25) is 14.4 Å². The third kappa shape index (κ3) is 12.4. The molecule has 11 heteroatoms. The summed E-state index contributed by atoms with van der Waals surface area (Å²) < 4.78 is 11.1. The van der Waals surface area contributed by atoms with Gasteiger partial charge in [0.1, 0.15) is 29.3 Å². The Bertz CT molecular complexity index is 1440. The van der Waals surface area contributed by atoms with Gasteiger partial charge in [-0.05, 0) is 92.9 Å². The monoisotopic (exact) mass is 652 g/mol. The van der Waals surface area contributed by atoms with Gasteiger partial charge in [-0.2, -0.15) is 0 Å². The number of nitrogens with two attached hydrogens (primary N) is 1. The zero-order valence-corrected chi connectivity index (χ0v) is 29.6. The quantitative estimate of drug-likeness (QED) is 0.294. The highest BCUT2D eigenvalue weighted by atomic mass is 16.6. The summed E-state index contributed by atoms with van der Waals surface area (Å²) in [6.45, 7) is 19.1. The molecule has 0 spiro atoms. The summed E-state index contributed by atoms with van der Waals surface area (Å²) in [5.41, 5.74) is 5.61. The van der Waals surface area contributed by atoms with Crippen LogP contribution in [-0.4, -0.2) is 63.5 Å². The molecule has 258 valence electrons. The average molecular weight is 653 g/mol. The Hall–Kier alpha value is -4.41. The number of rotatable bonds is 11. The van der Waals surface area contributed by atoms with Crippen LogP contribution in [-0.2, 0) is 35.1 Å². The molecule has 0 bridgehead atoms. The highest BCUT2D eigenvalue weighted by Crippen LogP contribution is 2.33. The zero-order chi connectivity index (χ0) is 35.9. The molecule has 3 atom stereocenters. The number of alkyl carbamates (subject to hydrolysis) is 1. The number of carbonyl (C=O) groups is 5. The lowest BCUT2D eigenvalue weighted by atomic mass is 9.91. The van der Waals surface area contributed by atoms with E-state index in [0.29, 0.717) is 11.1 Å². The summed E-state index contributed by atoms with van der Waals surface area (Å²) in [4.78, 5) is 68.9. The smallest absolute Gasteiger partial charge is 0.408 e. The number of aryl methyl sites for hydroxylation is 2. The van der Waals surface area contributed by atoms with Crippen LogP contribution in [0.15, 0.2) is 48.5 Å². The number of nitrogens with one attached hydrogen (secondary N) is 2. The number of amides is 4. The second kappa shape index (κ2) is 15.5. The van der Waals surface area contributed by atoms with Gasteiger partial charge in [-0.25, -0.2) is 9.59 Å². The molecule has 0 fully saturated rings. The van der Waals surface area contributed by atoms with Crippen molar-refractivity contribution in [2.75, 3.05) is 0 Å². The number of hydrogen-bond acceptors (Lipinski definition) is 7. The lowest BCUT2D eigenvalue weighted by molar-refractivity contribution is -0.159. The first-order valence-electron chi connectivity index (χ1n) is 15.7. The topological polar surface area (TPSA) is 157 Å².